The number of nitrogens with zero attached hydrogens (tertiary/aromatic N) is 4. The van der Waals surface area contributed by atoms with E-state index in [4.69, 9.17) is 9.47 Å². The van der Waals surface area contributed by atoms with Crippen LogP contribution >= 0.6 is 0 Å². The van der Waals surface area contributed by atoms with E-state index in [1.54, 1.807) is 14.0 Å². The summed E-state index contributed by atoms with van der Waals surface area (Å²) in [4.78, 5) is 41.6. The third kappa shape index (κ3) is 4.90. The Morgan fingerprint density at radius 3 is 2.32 bits per heavy atom. The minimum absolute atomic E-state index is 0.0642. The molecule has 0 saturated heterocycles. The van der Waals surface area contributed by atoms with Crippen molar-refractivity contribution in [2.75, 3.05) is 38.5 Å². The zero-order valence-electron chi connectivity index (χ0n) is 20.3. The van der Waals surface area contributed by atoms with Gasteiger partial charge in [0.15, 0.2) is 0 Å². The molecule has 11 nitrogen and oxygen atoms in total. The highest BCUT2D eigenvalue weighted by Crippen LogP contribution is 2.34. The Bertz CT molecular complexity index is 1590. The van der Waals surface area contributed by atoms with Gasteiger partial charge in [-0.05, 0) is 31.2 Å². The van der Waals surface area contributed by atoms with Crippen LogP contribution in [0.4, 0.5) is 30.8 Å². The molecule has 2 aromatic heterocycles. The van der Waals surface area contributed by atoms with Crippen molar-refractivity contribution in [3.05, 3.63) is 40.3 Å². The smallest absolute Gasteiger partial charge is 0.491 e. The van der Waals surface area contributed by atoms with Crippen molar-refractivity contribution in [2.24, 2.45) is 0 Å². The number of fused-ring (bicyclic) bond motifs is 2. The predicted molar refractivity (Wildman–Crippen MR) is 129 cm³/mol. The number of H-pyrrole nitrogens is 1. The van der Waals surface area contributed by atoms with Gasteiger partial charge in [0.05, 0.1) is 31.1 Å². The summed E-state index contributed by atoms with van der Waals surface area (Å²) in [6.45, 7) is 1.77. The van der Waals surface area contributed by atoms with E-state index in [1.807, 2.05) is 31.1 Å². The van der Waals surface area contributed by atoms with Gasteiger partial charge in [-0.2, -0.15) is 13.2 Å². The summed E-state index contributed by atoms with van der Waals surface area (Å²) in [7, 11) is 6.56. The van der Waals surface area contributed by atoms with Gasteiger partial charge in [-0.1, -0.05) is 0 Å². The first-order valence-electron chi connectivity index (χ1n) is 10.6. The maximum atomic E-state index is 12.9. The minimum Gasteiger partial charge on any atom is -0.495 e. The summed E-state index contributed by atoms with van der Waals surface area (Å²) in [6, 6.07) is 5.87. The summed E-state index contributed by atoms with van der Waals surface area (Å²) in [5.74, 6) is -2.42. The predicted octanol–water partition coefficient (Wildman–Crippen LogP) is 3.47. The first-order valence-corrected chi connectivity index (χ1v) is 10.6. The average Bonchev–Trinajstić information content (AvgIpc) is 2.82. The molecule has 194 valence electrons. The minimum atomic E-state index is -5.25. The molecule has 2 N–H and O–H groups in total. The maximum Gasteiger partial charge on any atom is 0.491 e. The summed E-state index contributed by atoms with van der Waals surface area (Å²) >= 11 is 0. The van der Waals surface area contributed by atoms with Gasteiger partial charge in [0.1, 0.15) is 28.2 Å². The van der Waals surface area contributed by atoms with Crippen molar-refractivity contribution in [2.45, 2.75) is 13.1 Å². The Hall–Kier alpha value is -4.62. The van der Waals surface area contributed by atoms with E-state index in [9.17, 15) is 22.8 Å². The number of hydrogen-bond donors (Lipinski definition) is 2. The lowest BCUT2D eigenvalue weighted by Gasteiger charge is -2.18. The molecule has 0 spiro atoms. The third-order valence-electron chi connectivity index (χ3n) is 5.34. The Morgan fingerprint density at radius 1 is 1.03 bits per heavy atom. The second kappa shape index (κ2) is 9.44. The normalized spacial score (nSPS) is 11.5. The molecule has 0 unspecified atom stereocenters. The van der Waals surface area contributed by atoms with Crippen molar-refractivity contribution >= 4 is 45.4 Å². The number of nitrogens with one attached hydrogen (secondary N) is 2. The Balaban J connectivity index is 1.80. The number of carbonyl (C=O) groups is 1. The molecule has 4 aromatic rings. The SMILES string of the molecule is COc1cc2c(C)nc(Nc3nc4c(OC)ccc(OC(=O)C(F)(F)F)c4c(=O)[nH]3)nc2cc1N(C)C. The summed E-state index contributed by atoms with van der Waals surface area (Å²) in [6.07, 6.45) is -5.25. The van der Waals surface area contributed by atoms with Gasteiger partial charge in [0.2, 0.25) is 11.9 Å². The van der Waals surface area contributed by atoms with Gasteiger partial charge in [0.25, 0.3) is 5.56 Å². The zero-order chi connectivity index (χ0) is 27.1. The van der Waals surface area contributed by atoms with Gasteiger partial charge in [-0.3, -0.25) is 15.1 Å². The van der Waals surface area contributed by atoms with E-state index in [2.05, 4.69) is 30.0 Å². The molecule has 0 saturated carbocycles. The fraction of sp³-hybridized carbons (Fsp3) is 0.261. The number of carbonyl (C=O) groups excluding carboxylic acids is 1. The number of ether oxygens (including phenoxy) is 3. The Labute approximate surface area is 207 Å². The molecular weight excluding hydrogens is 497 g/mol. The molecule has 0 fully saturated rings. The lowest BCUT2D eigenvalue weighted by Crippen LogP contribution is -2.28. The molecule has 0 radical (unpaired) electrons. The molecular formula is C23H21F3N6O5. The third-order valence-corrected chi connectivity index (χ3v) is 5.34. The fourth-order valence-corrected chi connectivity index (χ4v) is 3.63. The molecule has 4 rings (SSSR count). The van der Waals surface area contributed by atoms with Crippen LogP contribution in [0.1, 0.15) is 5.69 Å². The van der Waals surface area contributed by atoms with E-state index < -0.39 is 28.8 Å². The number of aromatic nitrogens is 4. The quantitative estimate of drug-likeness (QED) is 0.289. The molecule has 2 heterocycles. The van der Waals surface area contributed by atoms with Crippen molar-refractivity contribution in [1.29, 1.82) is 0 Å². The van der Waals surface area contributed by atoms with Gasteiger partial charge in [-0.15, -0.1) is 0 Å². The van der Waals surface area contributed by atoms with Crippen LogP contribution in [0.5, 0.6) is 17.2 Å². The Morgan fingerprint density at radius 2 is 1.70 bits per heavy atom. The van der Waals surface area contributed by atoms with E-state index in [0.717, 1.165) is 17.1 Å². The van der Waals surface area contributed by atoms with Crippen LogP contribution in [-0.4, -0.2) is 60.4 Å². The summed E-state index contributed by atoms with van der Waals surface area (Å²) < 4.78 is 53.2. The molecule has 37 heavy (non-hydrogen) atoms. The molecule has 0 aliphatic carbocycles. The number of halogens is 3. The summed E-state index contributed by atoms with van der Waals surface area (Å²) in [5.41, 5.74) is 0.952. The van der Waals surface area contributed by atoms with E-state index >= 15 is 0 Å². The summed E-state index contributed by atoms with van der Waals surface area (Å²) in [5, 5.41) is 3.15. The van der Waals surface area contributed by atoms with Crippen molar-refractivity contribution in [1.82, 2.24) is 19.9 Å². The lowest BCUT2D eigenvalue weighted by atomic mass is 10.1. The molecule has 14 heteroatoms. The number of aryl methyl sites for hydroxylation is 1. The number of benzene rings is 2. The van der Waals surface area contributed by atoms with Crippen LogP contribution in [-0.2, 0) is 4.79 Å². The van der Waals surface area contributed by atoms with Crippen LogP contribution in [0, 0.1) is 6.92 Å². The number of anilines is 3. The van der Waals surface area contributed by atoms with E-state index in [-0.39, 0.29) is 23.2 Å². The molecule has 0 amide bonds. The van der Waals surface area contributed by atoms with Gasteiger partial charge in [-0.25, -0.2) is 19.7 Å². The van der Waals surface area contributed by atoms with Crippen molar-refractivity contribution < 1.29 is 32.2 Å². The molecule has 0 atom stereocenters. The van der Waals surface area contributed by atoms with E-state index in [0.29, 0.717) is 17.0 Å². The molecule has 0 aliphatic rings. The Kier molecular flexibility index (Phi) is 6.50. The lowest BCUT2D eigenvalue weighted by molar-refractivity contribution is -0.189. The average molecular weight is 518 g/mol. The first-order chi connectivity index (χ1) is 17.4. The highest BCUT2D eigenvalue weighted by molar-refractivity contribution is 5.93. The van der Waals surface area contributed by atoms with Gasteiger partial charge >= 0.3 is 12.1 Å². The maximum absolute atomic E-state index is 12.9. The number of rotatable bonds is 6. The number of esters is 1. The number of alkyl halides is 3. The van der Waals surface area contributed by atoms with Crippen LogP contribution in [0.2, 0.25) is 0 Å². The number of aromatic amines is 1. The topological polar surface area (TPSA) is 132 Å². The van der Waals surface area contributed by atoms with Crippen LogP contribution < -0.4 is 30.0 Å². The van der Waals surface area contributed by atoms with Crippen LogP contribution in [0.15, 0.2) is 29.1 Å². The molecule has 0 aliphatic heterocycles. The highest BCUT2D eigenvalue weighted by Gasteiger charge is 2.41. The number of methoxy groups -OCH3 is 2. The van der Waals surface area contributed by atoms with Crippen molar-refractivity contribution in [3.63, 3.8) is 0 Å². The molecule has 0 bridgehead atoms. The number of hydrogen-bond acceptors (Lipinski definition) is 10. The molecule has 2 aromatic carbocycles. The van der Waals surface area contributed by atoms with E-state index in [1.165, 1.54) is 13.2 Å². The zero-order valence-corrected chi connectivity index (χ0v) is 20.3. The van der Waals surface area contributed by atoms with Crippen molar-refractivity contribution in [3.8, 4) is 17.2 Å². The van der Waals surface area contributed by atoms with Gasteiger partial charge < -0.3 is 19.1 Å². The first kappa shape index (κ1) is 25.5. The monoisotopic (exact) mass is 518 g/mol. The largest absolute Gasteiger partial charge is 0.495 e. The van der Waals surface area contributed by atoms with Crippen LogP contribution in [0.3, 0.4) is 0 Å². The van der Waals surface area contributed by atoms with Crippen LogP contribution in [0.25, 0.3) is 21.8 Å². The second-order valence-electron chi connectivity index (χ2n) is 7.98. The van der Waals surface area contributed by atoms with Gasteiger partial charge in [0, 0.05) is 19.5 Å². The highest BCUT2D eigenvalue weighted by atomic mass is 19.4. The second-order valence-corrected chi connectivity index (χ2v) is 7.98. The fourth-order valence-electron chi connectivity index (χ4n) is 3.63. The standard InChI is InChI=1S/C23H21F3N6O5/c1-10-11-8-16(36-5)13(32(2)3)9-12(11)28-21(27-10)31-22-29-18-15(35-4)7-6-14(17(18)19(33)30-22)37-20(34)23(24,25)26/h6-9H,1-5H3,(H2,27,28,29,30,31,33).